The van der Waals surface area contributed by atoms with Gasteiger partial charge in [0.05, 0.1) is 7.11 Å². The second-order valence-corrected chi connectivity index (χ2v) is 8.77. The highest BCUT2D eigenvalue weighted by atomic mass is 32.2. The predicted molar refractivity (Wildman–Crippen MR) is 130 cm³/mol. The average molecular weight is 495 g/mol. The van der Waals surface area contributed by atoms with Gasteiger partial charge in [0.1, 0.15) is 35.0 Å². The summed E-state index contributed by atoms with van der Waals surface area (Å²) in [5.74, 6) is 1.43. The van der Waals surface area contributed by atoms with E-state index in [1.807, 2.05) is 35.8 Å². The summed E-state index contributed by atoms with van der Waals surface area (Å²) in [6.07, 6.45) is 0. The Kier molecular flexibility index (Phi) is 7.61. The summed E-state index contributed by atoms with van der Waals surface area (Å²) in [6.45, 7) is 1.45. The predicted octanol–water partition coefficient (Wildman–Crippen LogP) is 5.41. The largest absolute Gasteiger partial charge is 0.497 e. The molecule has 0 aliphatic rings. The molecule has 0 saturated heterocycles. The molecule has 0 amide bonds. The molecule has 1 heterocycles. The minimum atomic E-state index is -0.623. The summed E-state index contributed by atoms with van der Waals surface area (Å²) in [5.41, 5.74) is 1.82. The summed E-state index contributed by atoms with van der Waals surface area (Å²) in [4.78, 5) is 11.2. The molecule has 8 nitrogen and oxygen atoms in total. The Bertz CT molecular complexity index is 1310. The normalized spacial score (nSPS) is 11.7. The number of methoxy groups -OCH3 is 1. The Morgan fingerprint density at radius 3 is 2.49 bits per heavy atom. The van der Waals surface area contributed by atoms with Crippen molar-refractivity contribution in [3.05, 3.63) is 106 Å². The van der Waals surface area contributed by atoms with Crippen LogP contribution in [-0.2, 0) is 6.61 Å². The molecule has 0 N–H and O–H groups in total. The first-order chi connectivity index (χ1) is 17.0. The van der Waals surface area contributed by atoms with Crippen molar-refractivity contribution in [3.8, 4) is 17.2 Å². The maximum atomic E-state index is 14.1. The molecule has 0 fully saturated rings. The Balaban J connectivity index is 1.64. The first kappa shape index (κ1) is 24.2. The van der Waals surface area contributed by atoms with Crippen molar-refractivity contribution in [1.29, 1.82) is 0 Å². The highest BCUT2D eigenvalue weighted by Gasteiger charge is 2.26. The van der Waals surface area contributed by atoms with Gasteiger partial charge in [-0.1, -0.05) is 48.2 Å². The van der Waals surface area contributed by atoms with Crippen LogP contribution in [0.4, 0.5) is 4.39 Å². The van der Waals surface area contributed by atoms with Gasteiger partial charge >= 0.3 is 0 Å². The topological polar surface area (TPSA) is 92.3 Å². The van der Waals surface area contributed by atoms with Crippen molar-refractivity contribution in [2.24, 2.45) is 0 Å². The van der Waals surface area contributed by atoms with Crippen LogP contribution in [0.5, 0.6) is 11.5 Å². The Labute approximate surface area is 205 Å². The van der Waals surface area contributed by atoms with Crippen LogP contribution in [0.1, 0.15) is 22.2 Å². The molecule has 180 valence electrons. The molecule has 1 atom stereocenters. The van der Waals surface area contributed by atoms with E-state index < -0.39 is 5.25 Å². The van der Waals surface area contributed by atoms with Crippen LogP contribution < -0.4 is 9.47 Å². The molecular formula is C25H23FN4O4S. The Morgan fingerprint density at radius 1 is 1.06 bits per heavy atom. The van der Waals surface area contributed by atoms with Gasteiger partial charge in [-0.05, 0) is 43.3 Å². The number of thioether (sulfide) groups is 1. The first-order valence-corrected chi connectivity index (χ1v) is 11.6. The van der Waals surface area contributed by atoms with Gasteiger partial charge in [0.15, 0.2) is 5.16 Å². The molecule has 1 aromatic heterocycles. The lowest BCUT2D eigenvalue weighted by atomic mass is 10.1. The maximum Gasteiger partial charge on any atom is 0.220 e. The number of rotatable bonds is 10. The van der Waals surface area contributed by atoms with Gasteiger partial charge < -0.3 is 9.47 Å². The zero-order valence-corrected chi connectivity index (χ0v) is 19.9. The van der Waals surface area contributed by atoms with Gasteiger partial charge in [-0.2, -0.15) is 0 Å². The molecule has 0 saturated carbocycles. The molecule has 10 heteroatoms. The van der Waals surface area contributed by atoms with Crippen LogP contribution >= 0.6 is 11.8 Å². The summed E-state index contributed by atoms with van der Waals surface area (Å²) in [5, 5.41) is 19.9. The second-order valence-electron chi connectivity index (χ2n) is 7.60. The summed E-state index contributed by atoms with van der Waals surface area (Å²) >= 11 is 1.22. The molecule has 0 bridgehead atoms. The number of hydrogen-bond donors (Lipinski definition) is 0. The second kappa shape index (κ2) is 11.0. The molecule has 0 radical (unpaired) electrons. The zero-order valence-electron chi connectivity index (χ0n) is 19.1. The Morgan fingerprint density at radius 2 is 1.77 bits per heavy atom. The van der Waals surface area contributed by atoms with Crippen LogP contribution in [-0.4, -0.2) is 33.3 Å². The number of aromatic nitrogens is 3. The van der Waals surface area contributed by atoms with Crippen molar-refractivity contribution in [2.45, 2.75) is 23.9 Å². The number of nitrogens with zero attached hydrogens (tertiary/aromatic N) is 4. The molecule has 0 spiro atoms. The molecule has 35 heavy (non-hydrogen) atoms. The van der Waals surface area contributed by atoms with Crippen molar-refractivity contribution in [1.82, 2.24) is 14.8 Å². The van der Waals surface area contributed by atoms with Crippen LogP contribution in [0.3, 0.4) is 0 Å². The van der Waals surface area contributed by atoms with E-state index in [1.165, 1.54) is 17.8 Å². The number of hydrogen-bond acceptors (Lipinski definition) is 7. The lowest BCUT2D eigenvalue weighted by Gasteiger charge is -2.18. The van der Waals surface area contributed by atoms with Crippen LogP contribution in [0, 0.1) is 22.9 Å². The lowest BCUT2D eigenvalue weighted by Crippen LogP contribution is -2.12. The van der Waals surface area contributed by atoms with Crippen molar-refractivity contribution < 1.29 is 18.8 Å². The lowest BCUT2D eigenvalue weighted by molar-refractivity contribution is -0.479. The number of aryl methyl sites for hydroxylation is 1. The van der Waals surface area contributed by atoms with Crippen molar-refractivity contribution in [3.63, 3.8) is 0 Å². The third-order valence-corrected chi connectivity index (χ3v) is 6.46. The molecular weight excluding hydrogens is 471 g/mol. The molecule has 0 unspecified atom stereocenters. The van der Waals surface area contributed by atoms with E-state index in [0.29, 0.717) is 33.6 Å². The third kappa shape index (κ3) is 5.78. The summed E-state index contributed by atoms with van der Waals surface area (Å²) in [6, 6.07) is 20.8. The fraction of sp³-hybridized carbons (Fsp3) is 0.200. The van der Waals surface area contributed by atoms with Crippen LogP contribution in [0.25, 0.3) is 5.69 Å². The van der Waals surface area contributed by atoms with Gasteiger partial charge in [0.25, 0.3) is 0 Å². The molecule has 0 aliphatic carbocycles. The molecule has 4 rings (SSSR count). The zero-order chi connectivity index (χ0) is 24.8. The van der Waals surface area contributed by atoms with Gasteiger partial charge in [-0.25, -0.2) is 4.39 Å². The monoisotopic (exact) mass is 494 g/mol. The number of para-hydroxylation sites is 1. The number of benzene rings is 3. The maximum absolute atomic E-state index is 14.1. The summed E-state index contributed by atoms with van der Waals surface area (Å²) in [7, 11) is 1.59. The standard InChI is InChI=1S/C25H23FN4O4S/c1-17-27-28-25(30(17)19-11-13-20(33-2)14-12-19)35-24(15-29(31)32)21-8-4-6-10-23(21)34-16-18-7-3-5-9-22(18)26/h3-14,24H,15-16H2,1-2H3/t24-/m1/s1. The molecule has 3 aromatic carbocycles. The van der Waals surface area contributed by atoms with E-state index in [-0.39, 0.29) is 23.9 Å². The highest BCUT2D eigenvalue weighted by molar-refractivity contribution is 7.99. The summed E-state index contributed by atoms with van der Waals surface area (Å²) < 4.78 is 27.0. The van der Waals surface area contributed by atoms with E-state index in [0.717, 1.165) is 5.69 Å². The molecule has 0 aliphatic heterocycles. The van der Waals surface area contributed by atoms with E-state index in [9.17, 15) is 14.5 Å². The number of nitro groups is 1. The Hall–Kier alpha value is -3.92. The first-order valence-electron chi connectivity index (χ1n) is 10.8. The van der Waals surface area contributed by atoms with Gasteiger partial charge in [-0.3, -0.25) is 14.7 Å². The van der Waals surface area contributed by atoms with Crippen LogP contribution in [0.2, 0.25) is 0 Å². The molecule has 4 aromatic rings. The van der Waals surface area contributed by atoms with Gasteiger partial charge in [-0.15, -0.1) is 10.2 Å². The average Bonchev–Trinajstić information content (AvgIpc) is 3.23. The number of ether oxygens (including phenoxy) is 2. The SMILES string of the molecule is COc1ccc(-n2c(C)nnc2S[C@H](C[N+](=O)[O-])c2ccccc2OCc2ccccc2F)cc1. The minimum Gasteiger partial charge on any atom is -0.497 e. The van der Waals surface area contributed by atoms with Crippen molar-refractivity contribution >= 4 is 11.8 Å². The fourth-order valence-electron chi connectivity index (χ4n) is 3.56. The fourth-order valence-corrected chi connectivity index (χ4v) is 4.76. The number of halogens is 1. The van der Waals surface area contributed by atoms with Crippen LogP contribution in [0.15, 0.2) is 78.0 Å². The van der Waals surface area contributed by atoms with Gasteiger partial charge in [0.2, 0.25) is 6.54 Å². The van der Waals surface area contributed by atoms with E-state index in [4.69, 9.17) is 9.47 Å². The van der Waals surface area contributed by atoms with Crippen molar-refractivity contribution in [2.75, 3.05) is 13.7 Å². The van der Waals surface area contributed by atoms with E-state index in [2.05, 4.69) is 10.2 Å². The quantitative estimate of drug-likeness (QED) is 0.165. The smallest absolute Gasteiger partial charge is 0.220 e. The van der Waals surface area contributed by atoms with E-state index >= 15 is 0 Å². The highest BCUT2D eigenvalue weighted by Crippen LogP contribution is 2.40. The van der Waals surface area contributed by atoms with Gasteiger partial charge in [0, 0.05) is 21.7 Å². The van der Waals surface area contributed by atoms with E-state index in [1.54, 1.807) is 49.6 Å². The minimum absolute atomic E-state index is 0.000671. The third-order valence-electron chi connectivity index (χ3n) is 5.30.